The van der Waals surface area contributed by atoms with Crippen LogP contribution in [-0.2, 0) is 14.3 Å². The average molecular weight is 388 g/mol. The SMILES string of the molecule is C[C@H](OC(=O)/C=C/c1ccc2c(c1)OCCO2)C(=O)NC(=O)NC1CCCC1. The van der Waals surface area contributed by atoms with E-state index in [0.29, 0.717) is 24.7 Å². The van der Waals surface area contributed by atoms with E-state index in [1.807, 2.05) is 0 Å². The number of carbonyl (C=O) groups excluding carboxylic acids is 3. The minimum Gasteiger partial charge on any atom is -0.486 e. The van der Waals surface area contributed by atoms with Crippen molar-refractivity contribution in [3.63, 3.8) is 0 Å². The van der Waals surface area contributed by atoms with Crippen LogP contribution in [0.1, 0.15) is 38.2 Å². The number of fused-ring (bicyclic) bond motifs is 1. The smallest absolute Gasteiger partial charge is 0.331 e. The highest BCUT2D eigenvalue weighted by Crippen LogP contribution is 2.31. The topological polar surface area (TPSA) is 103 Å². The predicted molar refractivity (Wildman–Crippen MR) is 101 cm³/mol. The van der Waals surface area contributed by atoms with Gasteiger partial charge < -0.3 is 19.5 Å². The lowest BCUT2D eigenvalue weighted by molar-refractivity contribution is -0.149. The second-order valence-corrected chi connectivity index (χ2v) is 6.76. The molecule has 3 rings (SSSR count). The summed E-state index contributed by atoms with van der Waals surface area (Å²) in [6.45, 7) is 2.39. The zero-order valence-corrected chi connectivity index (χ0v) is 15.7. The number of carbonyl (C=O) groups is 3. The molecule has 1 aromatic rings. The maximum absolute atomic E-state index is 12.0. The van der Waals surface area contributed by atoms with Crippen molar-refractivity contribution in [2.24, 2.45) is 0 Å². The summed E-state index contributed by atoms with van der Waals surface area (Å²) in [6, 6.07) is 4.83. The Kier molecular flexibility index (Phi) is 6.52. The number of amides is 3. The van der Waals surface area contributed by atoms with Gasteiger partial charge in [0.1, 0.15) is 13.2 Å². The maximum atomic E-state index is 12.0. The fraction of sp³-hybridized carbons (Fsp3) is 0.450. The van der Waals surface area contributed by atoms with E-state index in [1.165, 1.54) is 13.0 Å². The number of imide groups is 1. The zero-order valence-electron chi connectivity index (χ0n) is 15.7. The van der Waals surface area contributed by atoms with Crippen LogP contribution in [0.2, 0.25) is 0 Å². The fourth-order valence-corrected chi connectivity index (χ4v) is 3.10. The number of hydrogen-bond acceptors (Lipinski definition) is 6. The highest BCUT2D eigenvalue weighted by atomic mass is 16.6. The van der Waals surface area contributed by atoms with Crippen LogP contribution in [0.5, 0.6) is 11.5 Å². The molecule has 1 heterocycles. The Morgan fingerprint density at radius 2 is 1.86 bits per heavy atom. The Morgan fingerprint density at radius 3 is 2.61 bits per heavy atom. The summed E-state index contributed by atoms with van der Waals surface area (Å²) >= 11 is 0. The molecule has 2 aliphatic rings. The lowest BCUT2D eigenvalue weighted by atomic mass is 10.2. The average Bonchev–Trinajstić information content (AvgIpc) is 3.19. The number of nitrogens with one attached hydrogen (secondary N) is 2. The van der Waals surface area contributed by atoms with Crippen LogP contribution >= 0.6 is 0 Å². The summed E-state index contributed by atoms with van der Waals surface area (Å²) in [4.78, 5) is 35.7. The Balaban J connectivity index is 1.46. The predicted octanol–water partition coefficient (Wildman–Crippen LogP) is 2.17. The first-order valence-electron chi connectivity index (χ1n) is 9.41. The largest absolute Gasteiger partial charge is 0.486 e. The quantitative estimate of drug-likeness (QED) is 0.592. The van der Waals surface area contributed by atoms with Gasteiger partial charge in [0, 0.05) is 12.1 Å². The van der Waals surface area contributed by atoms with Crippen LogP contribution in [-0.4, -0.2) is 43.3 Å². The number of benzene rings is 1. The van der Waals surface area contributed by atoms with Crippen molar-refractivity contribution in [3.05, 3.63) is 29.8 Å². The van der Waals surface area contributed by atoms with Crippen LogP contribution < -0.4 is 20.1 Å². The van der Waals surface area contributed by atoms with Gasteiger partial charge in [-0.05, 0) is 43.5 Å². The number of hydrogen-bond donors (Lipinski definition) is 2. The van der Waals surface area contributed by atoms with Gasteiger partial charge >= 0.3 is 12.0 Å². The molecule has 1 fully saturated rings. The zero-order chi connectivity index (χ0) is 19.9. The van der Waals surface area contributed by atoms with Gasteiger partial charge in [-0.25, -0.2) is 9.59 Å². The Bertz CT molecular complexity index is 770. The molecule has 1 atom stereocenters. The van der Waals surface area contributed by atoms with E-state index in [9.17, 15) is 14.4 Å². The molecule has 0 radical (unpaired) electrons. The third kappa shape index (κ3) is 5.48. The molecule has 8 nitrogen and oxygen atoms in total. The molecule has 1 aliphatic carbocycles. The van der Waals surface area contributed by atoms with Crippen LogP contribution in [0.3, 0.4) is 0 Å². The van der Waals surface area contributed by atoms with E-state index in [0.717, 1.165) is 31.2 Å². The molecule has 0 aromatic heterocycles. The normalized spacial score (nSPS) is 17.2. The Labute approximate surface area is 163 Å². The summed E-state index contributed by atoms with van der Waals surface area (Å²) in [5, 5.41) is 4.94. The molecule has 0 spiro atoms. The third-order valence-electron chi connectivity index (χ3n) is 4.57. The Hall–Kier alpha value is -3.03. The third-order valence-corrected chi connectivity index (χ3v) is 4.57. The molecular weight excluding hydrogens is 364 g/mol. The molecule has 0 unspecified atom stereocenters. The monoisotopic (exact) mass is 388 g/mol. The molecule has 28 heavy (non-hydrogen) atoms. The van der Waals surface area contributed by atoms with Crippen LogP contribution in [0.15, 0.2) is 24.3 Å². The minimum absolute atomic E-state index is 0.0968. The molecule has 0 bridgehead atoms. The second-order valence-electron chi connectivity index (χ2n) is 6.76. The van der Waals surface area contributed by atoms with Crippen LogP contribution in [0.4, 0.5) is 4.79 Å². The first kappa shape index (κ1) is 19.7. The fourth-order valence-electron chi connectivity index (χ4n) is 3.10. The summed E-state index contributed by atoms with van der Waals surface area (Å²) in [5.74, 6) is -0.0831. The van der Waals surface area contributed by atoms with E-state index >= 15 is 0 Å². The summed E-state index contributed by atoms with van der Waals surface area (Å²) in [6.07, 6.45) is 5.65. The van der Waals surface area contributed by atoms with E-state index < -0.39 is 24.0 Å². The molecule has 1 aromatic carbocycles. The molecule has 150 valence electrons. The number of rotatable bonds is 5. The Morgan fingerprint density at radius 1 is 1.14 bits per heavy atom. The minimum atomic E-state index is -1.09. The van der Waals surface area contributed by atoms with Gasteiger partial charge in [0.05, 0.1) is 0 Å². The molecule has 0 saturated heterocycles. The van der Waals surface area contributed by atoms with Crippen molar-refractivity contribution < 1.29 is 28.6 Å². The molecule has 2 N–H and O–H groups in total. The van der Waals surface area contributed by atoms with E-state index in [1.54, 1.807) is 24.3 Å². The molecular formula is C20H24N2O6. The highest BCUT2D eigenvalue weighted by molar-refractivity contribution is 5.98. The maximum Gasteiger partial charge on any atom is 0.331 e. The number of esters is 1. The van der Waals surface area contributed by atoms with Gasteiger partial charge in [0.15, 0.2) is 17.6 Å². The first-order chi connectivity index (χ1) is 13.5. The molecule has 8 heteroatoms. The van der Waals surface area contributed by atoms with Crippen molar-refractivity contribution in [2.75, 3.05) is 13.2 Å². The van der Waals surface area contributed by atoms with Gasteiger partial charge in [-0.3, -0.25) is 10.1 Å². The van der Waals surface area contributed by atoms with Crippen LogP contribution in [0, 0.1) is 0 Å². The number of urea groups is 1. The first-order valence-corrected chi connectivity index (χ1v) is 9.41. The highest BCUT2D eigenvalue weighted by Gasteiger charge is 2.22. The lowest BCUT2D eigenvalue weighted by Gasteiger charge is -2.18. The van der Waals surface area contributed by atoms with E-state index in [-0.39, 0.29) is 6.04 Å². The summed E-state index contributed by atoms with van der Waals surface area (Å²) in [5.41, 5.74) is 0.731. The van der Waals surface area contributed by atoms with E-state index in [4.69, 9.17) is 14.2 Å². The summed E-state index contributed by atoms with van der Waals surface area (Å²) in [7, 11) is 0. The molecule has 1 saturated carbocycles. The van der Waals surface area contributed by atoms with Crippen molar-refractivity contribution in [3.8, 4) is 11.5 Å². The van der Waals surface area contributed by atoms with E-state index in [2.05, 4.69) is 10.6 Å². The van der Waals surface area contributed by atoms with Gasteiger partial charge in [0.2, 0.25) is 0 Å². The van der Waals surface area contributed by atoms with Crippen LogP contribution in [0.25, 0.3) is 6.08 Å². The second kappa shape index (κ2) is 9.25. The van der Waals surface area contributed by atoms with Crippen molar-refractivity contribution in [1.29, 1.82) is 0 Å². The van der Waals surface area contributed by atoms with Crippen molar-refractivity contribution >= 4 is 24.0 Å². The number of ether oxygens (including phenoxy) is 3. The van der Waals surface area contributed by atoms with Gasteiger partial charge in [0.25, 0.3) is 5.91 Å². The van der Waals surface area contributed by atoms with Gasteiger partial charge in [-0.1, -0.05) is 18.9 Å². The molecule has 1 aliphatic heterocycles. The molecule has 3 amide bonds. The van der Waals surface area contributed by atoms with Crippen molar-refractivity contribution in [1.82, 2.24) is 10.6 Å². The van der Waals surface area contributed by atoms with Gasteiger partial charge in [-0.15, -0.1) is 0 Å². The van der Waals surface area contributed by atoms with Crippen molar-refractivity contribution in [2.45, 2.75) is 44.8 Å². The standard InChI is InChI=1S/C20H24N2O6/c1-13(19(24)22-20(25)21-15-4-2-3-5-15)28-18(23)9-7-14-6-8-16-17(12-14)27-11-10-26-16/h6-9,12-13,15H,2-5,10-11H2,1H3,(H2,21,22,24,25)/b9-7+/t13-/m0/s1. The van der Waals surface area contributed by atoms with Gasteiger partial charge in [-0.2, -0.15) is 0 Å². The lowest BCUT2D eigenvalue weighted by Crippen LogP contribution is -2.47. The summed E-state index contributed by atoms with van der Waals surface area (Å²) < 4.78 is 16.0.